The second-order valence-electron chi connectivity index (χ2n) is 5.88. The van der Waals surface area contributed by atoms with E-state index in [-0.39, 0.29) is 11.4 Å². The van der Waals surface area contributed by atoms with Crippen molar-refractivity contribution in [2.75, 3.05) is 6.54 Å². The maximum atomic E-state index is 12.7. The Kier molecular flexibility index (Phi) is 4.32. The van der Waals surface area contributed by atoms with Crippen LogP contribution in [-0.4, -0.2) is 24.7 Å². The van der Waals surface area contributed by atoms with Crippen LogP contribution >= 0.6 is 0 Å². The van der Waals surface area contributed by atoms with Gasteiger partial charge in [-0.2, -0.15) is 5.10 Å². The average Bonchev–Trinajstić information content (AvgIpc) is 3.32. The molecule has 0 aliphatic rings. The van der Waals surface area contributed by atoms with Crippen LogP contribution < -0.4 is 4.72 Å². The molecule has 0 amide bonds. The molecule has 0 saturated heterocycles. The second-order valence-corrected chi connectivity index (χ2v) is 7.61. The summed E-state index contributed by atoms with van der Waals surface area (Å²) in [7, 11) is -3.60. The number of hydrogen-bond acceptors (Lipinski definition) is 4. The summed E-state index contributed by atoms with van der Waals surface area (Å²) in [6.45, 7) is 0.680. The van der Waals surface area contributed by atoms with Crippen molar-refractivity contribution in [3.8, 4) is 11.1 Å². The van der Waals surface area contributed by atoms with E-state index in [2.05, 4.69) is 9.82 Å². The van der Waals surface area contributed by atoms with Gasteiger partial charge in [-0.05, 0) is 17.5 Å². The van der Waals surface area contributed by atoms with Gasteiger partial charge in [0, 0.05) is 29.3 Å². The van der Waals surface area contributed by atoms with Crippen LogP contribution in [0.1, 0.15) is 0 Å². The predicted octanol–water partition coefficient (Wildman–Crippen LogP) is 3.27. The van der Waals surface area contributed by atoms with Crippen LogP contribution in [0.2, 0.25) is 0 Å². The van der Waals surface area contributed by atoms with Crippen molar-refractivity contribution in [3.63, 3.8) is 0 Å². The molecule has 0 atom stereocenters. The van der Waals surface area contributed by atoms with E-state index in [9.17, 15) is 8.42 Å². The van der Waals surface area contributed by atoms with Crippen molar-refractivity contribution in [1.29, 1.82) is 0 Å². The molecule has 0 saturated carbocycles. The number of nitrogens with zero attached hydrogens (tertiary/aromatic N) is 2. The molecule has 2 heterocycles. The minimum absolute atomic E-state index is 0.248. The van der Waals surface area contributed by atoms with E-state index >= 15 is 0 Å². The quantitative estimate of drug-likeness (QED) is 0.567. The molecule has 4 aromatic rings. The number of furan rings is 1. The first kappa shape index (κ1) is 16.6. The lowest BCUT2D eigenvalue weighted by molar-refractivity contribution is 0.561. The van der Waals surface area contributed by atoms with Gasteiger partial charge in [-0.1, -0.05) is 36.4 Å². The minimum Gasteiger partial charge on any atom is -0.472 e. The first-order valence-electron chi connectivity index (χ1n) is 8.16. The van der Waals surface area contributed by atoms with Gasteiger partial charge in [-0.3, -0.25) is 4.68 Å². The van der Waals surface area contributed by atoms with Crippen LogP contribution in [0.4, 0.5) is 0 Å². The number of rotatable bonds is 6. The van der Waals surface area contributed by atoms with Crippen LogP contribution in [0.5, 0.6) is 0 Å². The van der Waals surface area contributed by atoms with Crippen LogP contribution in [0, 0.1) is 0 Å². The molecule has 0 aliphatic carbocycles. The third kappa shape index (κ3) is 3.26. The zero-order valence-electron chi connectivity index (χ0n) is 13.9. The topological polar surface area (TPSA) is 77.1 Å². The smallest absolute Gasteiger partial charge is 0.241 e. The Morgan fingerprint density at radius 2 is 1.88 bits per heavy atom. The molecule has 0 bridgehead atoms. The van der Waals surface area contributed by atoms with Crippen LogP contribution in [-0.2, 0) is 16.6 Å². The van der Waals surface area contributed by atoms with E-state index in [1.54, 1.807) is 35.5 Å². The maximum Gasteiger partial charge on any atom is 0.241 e. The molecular weight excluding hydrogens is 350 g/mol. The summed E-state index contributed by atoms with van der Waals surface area (Å²) in [6.07, 6.45) is 6.83. The molecular formula is C19H17N3O3S. The fraction of sp³-hybridized carbons (Fsp3) is 0.105. The number of sulfonamides is 1. The van der Waals surface area contributed by atoms with Crippen LogP contribution in [0.25, 0.3) is 21.9 Å². The normalized spacial score (nSPS) is 11.8. The molecule has 132 valence electrons. The van der Waals surface area contributed by atoms with Gasteiger partial charge in [-0.15, -0.1) is 0 Å². The molecule has 7 heteroatoms. The highest BCUT2D eigenvalue weighted by atomic mass is 32.2. The van der Waals surface area contributed by atoms with Crippen LogP contribution in [0.3, 0.4) is 0 Å². The highest BCUT2D eigenvalue weighted by Gasteiger charge is 2.16. The summed E-state index contributed by atoms with van der Waals surface area (Å²) < 4.78 is 34.8. The SMILES string of the molecule is O=S(=O)(NCCn1cc(-c2ccoc2)cn1)c1cccc2ccccc12. The number of fused-ring (bicyclic) bond motifs is 1. The summed E-state index contributed by atoms with van der Waals surface area (Å²) in [5, 5.41) is 5.86. The van der Waals surface area contributed by atoms with E-state index in [0.717, 1.165) is 16.5 Å². The van der Waals surface area contributed by atoms with Crippen LogP contribution in [0.15, 0.2) is 82.8 Å². The van der Waals surface area contributed by atoms with Gasteiger partial charge in [0.15, 0.2) is 0 Å². The Morgan fingerprint density at radius 3 is 2.73 bits per heavy atom. The number of hydrogen-bond donors (Lipinski definition) is 1. The third-order valence-corrected chi connectivity index (χ3v) is 5.68. The Hall–Kier alpha value is -2.90. The molecule has 1 N–H and O–H groups in total. The molecule has 0 fully saturated rings. The summed E-state index contributed by atoms with van der Waals surface area (Å²) in [5.74, 6) is 0. The highest BCUT2D eigenvalue weighted by Crippen LogP contribution is 2.22. The van der Waals surface area contributed by atoms with Gasteiger partial charge in [0.05, 0.1) is 30.2 Å². The van der Waals surface area contributed by atoms with E-state index in [4.69, 9.17) is 4.42 Å². The Balaban J connectivity index is 1.47. The number of benzene rings is 2. The molecule has 26 heavy (non-hydrogen) atoms. The van der Waals surface area contributed by atoms with Crippen molar-refractivity contribution in [3.05, 3.63) is 73.5 Å². The Labute approximate surface area is 151 Å². The monoisotopic (exact) mass is 367 g/mol. The molecule has 0 radical (unpaired) electrons. The van der Waals surface area contributed by atoms with E-state index in [1.807, 2.05) is 42.6 Å². The summed E-state index contributed by atoms with van der Waals surface area (Å²) in [5.41, 5.74) is 1.86. The first-order valence-corrected chi connectivity index (χ1v) is 9.64. The number of nitrogens with one attached hydrogen (secondary N) is 1. The summed E-state index contributed by atoms with van der Waals surface area (Å²) >= 11 is 0. The summed E-state index contributed by atoms with van der Waals surface area (Å²) in [6, 6.07) is 14.6. The largest absolute Gasteiger partial charge is 0.472 e. The molecule has 0 spiro atoms. The fourth-order valence-electron chi connectivity index (χ4n) is 2.87. The molecule has 2 aromatic heterocycles. The van der Waals surface area contributed by atoms with Gasteiger partial charge in [-0.25, -0.2) is 13.1 Å². The molecule has 4 rings (SSSR count). The van der Waals surface area contributed by atoms with E-state index < -0.39 is 10.0 Å². The highest BCUT2D eigenvalue weighted by molar-refractivity contribution is 7.89. The third-order valence-electron chi connectivity index (χ3n) is 4.16. The van der Waals surface area contributed by atoms with Crippen molar-refractivity contribution in [2.45, 2.75) is 11.4 Å². The number of aromatic nitrogens is 2. The fourth-order valence-corrected chi connectivity index (χ4v) is 4.11. The predicted molar refractivity (Wildman–Crippen MR) is 99.1 cm³/mol. The van der Waals surface area contributed by atoms with Gasteiger partial charge in [0.1, 0.15) is 0 Å². The molecule has 0 aliphatic heterocycles. The van der Waals surface area contributed by atoms with Crippen molar-refractivity contribution < 1.29 is 12.8 Å². The van der Waals surface area contributed by atoms with Gasteiger partial charge >= 0.3 is 0 Å². The Bertz CT molecular complexity index is 1130. The van der Waals surface area contributed by atoms with Crippen molar-refractivity contribution in [1.82, 2.24) is 14.5 Å². The average molecular weight is 367 g/mol. The first-order chi connectivity index (χ1) is 12.6. The van der Waals surface area contributed by atoms with Gasteiger partial charge < -0.3 is 4.42 Å². The maximum absolute atomic E-state index is 12.7. The molecule has 6 nitrogen and oxygen atoms in total. The minimum atomic E-state index is -3.60. The molecule has 2 aromatic carbocycles. The lowest BCUT2D eigenvalue weighted by Crippen LogP contribution is -2.27. The van der Waals surface area contributed by atoms with Gasteiger partial charge in [0.25, 0.3) is 0 Å². The lowest BCUT2D eigenvalue weighted by Gasteiger charge is -2.09. The Morgan fingerprint density at radius 1 is 1.04 bits per heavy atom. The lowest BCUT2D eigenvalue weighted by atomic mass is 10.1. The standard InChI is InChI=1S/C19H17N3O3S/c23-26(24,19-7-3-5-15-4-1-2-6-18(15)19)21-9-10-22-13-17(12-20-22)16-8-11-25-14-16/h1-8,11-14,21H,9-10H2. The second kappa shape index (κ2) is 6.78. The van der Waals surface area contributed by atoms with Gasteiger partial charge in [0.2, 0.25) is 10.0 Å². The van der Waals surface area contributed by atoms with E-state index in [0.29, 0.717) is 11.9 Å². The zero-order chi connectivity index (χ0) is 18.0. The van der Waals surface area contributed by atoms with Crippen molar-refractivity contribution in [2.24, 2.45) is 0 Å². The molecule has 0 unspecified atom stereocenters. The summed E-state index contributed by atoms with van der Waals surface area (Å²) in [4.78, 5) is 0.287. The van der Waals surface area contributed by atoms with E-state index in [1.165, 1.54) is 0 Å². The van der Waals surface area contributed by atoms with Crippen molar-refractivity contribution >= 4 is 20.8 Å². The zero-order valence-corrected chi connectivity index (χ0v) is 14.7.